The first-order chi connectivity index (χ1) is 6.09. The van der Waals surface area contributed by atoms with Crippen molar-refractivity contribution in [1.29, 1.82) is 0 Å². The van der Waals surface area contributed by atoms with Gasteiger partial charge in [-0.3, -0.25) is 0 Å². The predicted octanol–water partition coefficient (Wildman–Crippen LogP) is 3.47. The van der Waals surface area contributed by atoms with Crippen LogP contribution in [0.25, 0.3) is 0 Å². The van der Waals surface area contributed by atoms with Crippen LogP contribution in [0.3, 0.4) is 0 Å². The molecule has 0 saturated heterocycles. The maximum absolute atomic E-state index is 5.59. The van der Waals surface area contributed by atoms with Gasteiger partial charge < -0.3 is 5.73 Å². The molecule has 13 heavy (non-hydrogen) atoms. The Morgan fingerprint density at radius 3 is 2.69 bits per heavy atom. The summed E-state index contributed by atoms with van der Waals surface area (Å²) in [6.07, 6.45) is 3.58. The van der Waals surface area contributed by atoms with Crippen molar-refractivity contribution in [3.8, 4) is 0 Å². The summed E-state index contributed by atoms with van der Waals surface area (Å²) in [6.45, 7) is 4.49. The van der Waals surface area contributed by atoms with Crippen LogP contribution in [0.4, 0.5) is 5.13 Å². The van der Waals surface area contributed by atoms with Gasteiger partial charge in [-0.2, -0.15) is 0 Å². The van der Waals surface area contributed by atoms with Crippen molar-refractivity contribution in [2.24, 2.45) is 5.92 Å². The fourth-order valence-electron chi connectivity index (χ4n) is 1.18. The lowest BCUT2D eigenvalue weighted by Crippen LogP contribution is -1.89. The molecule has 1 rings (SSSR count). The molecule has 1 aromatic rings. The van der Waals surface area contributed by atoms with Gasteiger partial charge >= 0.3 is 0 Å². The van der Waals surface area contributed by atoms with Gasteiger partial charge in [-0.05, 0) is 34.7 Å². The van der Waals surface area contributed by atoms with Gasteiger partial charge in [0.25, 0.3) is 0 Å². The average molecular weight is 263 g/mol. The predicted molar refractivity (Wildman–Crippen MR) is 62.0 cm³/mol. The topological polar surface area (TPSA) is 38.9 Å². The van der Waals surface area contributed by atoms with Crippen molar-refractivity contribution in [3.63, 3.8) is 0 Å². The number of nitrogen functional groups attached to an aromatic ring is 1. The van der Waals surface area contributed by atoms with Gasteiger partial charge in [0.2, 0.25) is 0 Å². The molecule has 4 heteroatoms. The van der Waals surface area contributed by atoms with E-state index in [0.717, 1.165) is 16.9 Å². The number of rotatable bonds is 4. The van der Waals surface area contributed by atoms with E-state index in [1.165, 1.54) is 17.7 Å². The molecule has 0 aromatic carbocycles. The summed E-state index contributed by atoms with van der Waals surface area (Å²) in [5, 5.41) is 0.659. The van der Waals surface area contributed by atoms with E-state index in [-0.39, 0.29) is 0 Å². The average Bonchev–Trinajstić information content (AvgIpc) is 2.29. The van der Waals surface area contributed by atoms with Gasteiger partial charge in [-0.15, -0.1) is 11.3 Å². The second-order valence-corrected chi connectivity index (χ2v) is 5.42. The van der Waals surface area contributed by atoms with Crippen LogP contribution in [0.2, 0.25) is 0 Å². The number of aryl methyl sites for hydroxylation is 1. The molecular weight excluding hydrogens is 248 g/mol. The first-order valence-corrected chi connectivity index (χ1v) is 6.11. The van der Waals surface area contributed by atoms with Crippen molar-refractivity contribution < 1.29 is 0 Å². The van der Waals surface area contributed by atoms with Crippen molar-refractivity contribution in [2.75, 3.05) is 5.73 Å². The normalized spacial score (nSPS) is 11.1. The van der Waals surface area contributed by atoms with Gasteiger partial charge in [-0.1, -0.05) is 20.3 Å². The summed E-state index contributed by atoms with van der Waals surface area (Å²) in [4.78, 5) is 5.40. The van der Waals surface area contributed by atoms with Crippen LogP contribution in [-0.4, -0.2) is 4.98 Å². The van der Waals surface area contributed by atoms with E-state index in [1.54, 1.807) is 11.3 Å². The number of hydrogen-bond donors (Lipinski definition) is 1. The molecule has 0 unspecified atom stereocenters. The molecule has 1 heterocycles. The smallest absolute Gasteiger partial charge is 0.181 e. The summed E-state index contributed by atoms with van der Waals surface area (Å²) in [6, 6.07) is 0. The number of thiazole rings is 1. The highest BCUT2D eigenvalue weighted by Gasteiger charge is 2.06. The van der Waals surface area contributed by atoms with E-state index in [2.05, 4.69) is 34.8 Å². The molecule has 0 saturated carbocycles. The third kappa shape index (κ3) is 3.65. The quantitative estimate of drug-likeness (QED) is 0.903. The fraction of sp³-hybridized carbons (Fsp3) is 0.667. The van der Waals surface area contributed by atoms with Crippen molar-refractivity contribution in [1.82, 2.24) is 4.98 Å². The second-order valence-electron chi connectivity index (χ2n) is 3.55. The zero-order chi connectivity index (χ0) is 9.84. The molecule has 2 nitrogen and oxygen atoms in total. The second kappa shape index (κ2) is 4.96. The largest absolute Gasteiger partial charge is 0.375 e. The summed E-state index contributed by atoms with van der Waals surface area (Å²) >= 11 is 4.99. The molecule has 0 atom stereocenters. The van der Waals surface area contributed by atoms with Gasteiger partial charge in [0.1, 0.15) is 4.60 Å². The van der Waals surface area contributed by atoms with Crippen molar-refractivity contribution in [3.05, 3.63) is 9.48 Å². The van der Waals surface area contributed by atoms with Crippen LogP contribution >= 0.6 is 27.3 Å². The van der Waals surface area contributed by atoms with Crippen molar-refractivity contribution >= 4 is 32.4 Å². The Labute approximate surface area is 91.7 Å². The molecule has 0 bridgehead atoms. The van der Waals surface area contributed by atoms with Gasteiger partial charge in [0.15, 0.2) is 5.13 Å². The van der Waals surface area contributed by atoms with Gasteiger partial charge in [-0.25, -0.2) is 4.98 Å². The molecular formula is C9H15BrN2S. The Balaban J connectivity index is 2.40. The van der Waals surface area contributed by atoms with Crippen molar-refractivity contribution in [2.45, 2.75) is 33.1 Å². The Hall–Kier alpha value is -0.0900. The summed E-state index contributed by atoms with van der Waals surface area (Å²) < 4.78 is 0.929. The highest BCUT2D eigenvalue weighted by atomic mass is 79.9. The van der Waals surface area contributed by atoms with Crippen LogP contribution in [-0.2, 0) is 6.42 Å². The van der Waals surface area contributed by atoms with Gasteiger partial charge in [0, 0.05) is 4.88 Å². The van der Waals surface area contributed by atoms with E-state index in [1.807, 2.05) is 0 Å². The highest BCUT2D eigenvalue weighted by Crippen LogP contribution is 2.26. The van der Waals surface area contributed by atoms with E-state index in [4.69, 9.17) is 5.73 Å². The molecule has 0 aliphatic carbocycles. The van der Waals surface area contributed by atoms with E-state index in [9.17, 15) is 0 Å². The molecule has 1 aromatic heterocycles. The number of nitrogens with zero attached hydrogens (tertiary/aromatic N) is 1. The number of nitrogens with two attached hydrogens (primary N) is 1. The number of anilines is 1. The first kappa shape index (κ1) is 11.0. The molecule has 2 N–H and O–H groups in total. The maximum atomic E-state index is 5.59. The van der Waals surface area contributed by atoms with Crippen LogP contribution in [0.1, 0.15) is 31.6 Å². The summed E-state index contributed by atoms with van der Waals surface area (Å²) in [5.74, 6) is 0.782. The first-order valence-electron chi connectivity index (χ1n) is 4.50. The number of hydrogen-bond acceptors (Lipinski definition) is 3. The monoisotopic (exact) mass is 262 g/mol. The van der Waals surface area contributed by atoms with Crippen LogP contribution in [0.5, 0.6) is 0 Å². The van der Waals surface area contributed by atoms with Crippen LogP contribution in [0.15, 0.2) is 4.60 Å². The zero-order valence-corrected chi connectivity index (χ0v) is 10.4. The standard InChI is InChI=1S/C9H15BrN2S/c1-6(2)4-3-5-7-8(10)12-9(11)13-7/h6H,3-5H2,1-2H3,(H2,11,12). The Bertz CT molecular complexity index is 271. The fourth-order valence-corrected chi connectivity index (χ4v) is 2.69. The van der Waals surface area contributed by atoms with Crippen LogP contribution in [0, 0.1) is 5.92 Å². The Kier molecular flexibility index (Phi) is 4.19. The Morgan fingerprint density at radius 1 is 1.54 bits per heavy atom. The number of aromatic nitrogens is 1. The minimum absolute atomic E-state index is 0.659. The van der Waals surface area contributed by atoms with Crippen LogP contribution < -0.4 is 5.73 Å². The molecule has 0 radical (unpaired) electrons. The third-order valence-corrected chi connectivity index (χ3v) is 3.71. The summed E-state index contributed by atoms with van der Waals surface area (Å²) in [5.41, 5.74) is 5.59. The molecule has 74 valence electrons. The Morgan fingerprint density at radius 2 is 2.23 bits per heavy atom. The minimum Gasteiger partial charge on any atom is -0.375 e. The summed E-state index contributed by atoms with van der Waals surface area (Å²) in [7, 11) is 0. The number of halogens is 1. The molecule has 0 fully saturated rings. The lowest BCUT2D eigenvalue weighted by Gasteiger charge is -2.02. The lowest BCUT2D eigenvalue weighted by atomic mass is 10.1. The minimum atomic E-state index is 0.659. The maximum Gasteiger partial charge on any atom is 0.181 e. The molecule has 0 amide bonds. The SMILES string of the molecule is CC(C)CCCc1sc(N)nc1Br. The molecule has 0 aliphatic rings. The third-order valence-electron chi connectivity index (χ3n) is 1.85. The van der Waals surface area contributed by atoms with E-state index in [0.29, 0.717) is 5.13 Å². The van der Waals surface area contributed by atoms with E-state index < -0.39 is 0 Å². The molecule has 0 aliphatic heterocycles. The zero-order valence-electron chi connectivity index (χ0n) is 8.01. The van der Waals surface area contributed by atoms with Gasteiger partial charge in [0.05, 0.1) is 0 Å². The molecule has 0 spiro atoms. The highest BCUT2D eigenvalue weighted by molar-refractivity contribution is 9.10. The van der Waals surface area contributed by atoms with E-state index >= 15 is 0 Å². The lowest BCUT2D eigenvalue weighted by molar-refractivity contribution is 0.557.